The van der Waals surface area contributed by atoms with Gasteiger partial charge >= 0.3 is 0 Å². The molecule has 0 radical (unpaired) electrons. The molecular weight excluding hydrogens is 316 g/mol. The van der Waals surface area contributed by atoms with Crippen LogP contribution in [0.3, 0.4) is 0 Å². The minimum Gasteiger partial charge on any atom is -0.268 e. The largest absolute Gasteiger partial charge is 0.268 e. The highest BCUT2D eigenvalue weighted by molar-refractivity contribution is 9.11. The first-order valence-electron chi connectivity index (χ1n) is 3.72. The number of hydrogen-bond donors (Lipinski definition) is 2. The second kappa shape index (κ2) is 3.94. The molecule has 1 unspecified atom stereocenters. The summed E-state index contributed by atoms with van der Waals surface area (Å²) in [5.41, 5.74) is 0. The normalized spacial score (nSPS) is 21.1. The minimum atomic E-state index is 0.248. The highest BCUT2D eigenvalue weighted by Crippen LogP contribution is 2.30. The van der Waals surface area contributed by atoms with Crippen LogP contribution in [0, 0.1) is 0 Å². The Hall–Kier alpha value is -0.130. The summed E-state index contributed by atoms with van der Waals surface area (Å²) in [7, 11) is 0. The van der Waals surface area contributed by atoms with Crippen LogP contribution < -0.4 is 10.3 Å². The molecule has 2 heterocycles. The Morgan fingerprint density at radius 3 is 2.85 bits per heavy atom. The molecular formula is C8H7Br2N2S+. The molecule has 1 aliphatic rings. The van der Waals surface area contributed by atoms with Crippen molar-refractivity contribution in [3.05, 3.63) is 31.5 Å². The minimum absolute atomic E-state index is 0.248. The molecule has 0 aliphatic carbocycles. The molecule has 0 amide bonds. The summed E-state index contributed by atoms with van der Waals surface area (Å²) in [5.74, 6) is 0. The first-order valence-corrected chi connectivity index (χ1v) is 6.12. The lowest BCUT2D eigenvalue weighted by molar-refractivity contribution is -0.493. The predicted octanol–water partition coefficient (Wildman–Crippen LogP) is 1.50. The molecule has 13 heavy (non-hydrogen) atoms. The Bertz CT molecular complexity index is 370. The van der Waals surface area contributed by atoms with Crippen molar-refractivity contribution in [3.63, 3.8) is 0 Å². The van der Waals surface area contributed by atoms with Gasteiger partial charge in [-0.15, -0.1) is 11.3 Å². The average Bonchev–Trinajstić information content (AvgIpc) is 2.53. The van der Waals surface area contributed by atoms with Crippen LogP contribution in [0.2, 0.25) is 0 Å². The van der Waals surface area contributed by atoms with Crippen LogP contribution in [0.15, 0.2) is 26.6 Å². The van der Waals surface area contributed by atoms with Gasteiger partial charge in [0.1, 0.15) is 6.20 Å². The highest BCUT2D eigenvalue weighted by Gasteiger charge is 2.20. The van der Waals surface area contributed by atoms with E-state index >= 15 is 0 Å². The second-order valence-corrected chi connectivity index (χ2v) is 5.99. The van der Waals surface area contributed by atoms with E-state index in [2.05, 4.69) is 54.3 Å². The molecule has 1 aliphatic heterocycles. The summed E-state index contributed by atoms with van der Waals surface area (Å²) in [6, 6.07) is 4.42. The second-order valence-electron chi connectivity index (χ2n) is 2.58. The number of thiophene rings is 1. The van der Waals surface area contributed by atoms with E-state index in [0.717, 1.165) is 8.27 Å². The van der Waals surface area contributed by atoms with Gasteiger partial charge in [-0.1, -0.05) is 0 Å². The molecule has 2 N–H and O–H groups in total. The van der Waals surface area contributed by atoms with Gasteiger partial charge in [0.15, 0.2) is 6.04 Å². The van der Waals surface area contributed by atoms with Gasteiger partial charge in [0.25, 0.3) is 0 Å². The lowest BCUT2D eigenvalue weighted by Gasteiger charge is -2.08. The van der Waals surface area contributed by atoms with Crippen molar-refractivity contribution in [2.45, 2.75) is 6.04 Å². The zero-order valence-corrected chi connectivity index (χ0v) is 10.5. The molecule has 5 heteroatoms. The molecule has 2 nitrogen and oxygen atoms in total. The summed E-state index contributed by atoms with van der Waals surface area (Å²) in [5, 5.41) is 2.99. The summed E-state index contributed by atoms with van der Waals surface area (Å²) >= 11 is 8.69. The fourth-order valence-electron chi connectivity index (χ4n) is 1.12. The molecule has 0 bridgehead atoms. The van der Waals surface area contributed by atoms with Gasteiger partial charge in [-0.25, -0.2) is 0 Å². The van der Waals surface area contributed by atoms with Crippen molar-refractivity contribution in [2.24, 2.45) is 0 Å². The summed E-state index contributed by atoms with van der Waals surface area (Å²) < 4.78 is 2.27. The van der Waals surface area contributed by atoms with Gasteiger partial charge in [0.2, 0.25) is 6.34 Å². The fourth-order valence-corrected chi connectivity index (χ4v) is 3.28. The predicted molar refractivity (Wildman–Crippen MR) is 61.9 cm³/mol. The van der Waals surface area contributed by atoms with E-state index in [1.165, 1.54) is 4.88 Å². The first kappa shape index (κ1) is 9.43. The van der Waals surface area contributed by atoms with Crippen molar-refractivity contribution in [1.82, 2.24) is 5.32 Å². The van der Waals surface area contributed by atoms with Crippen LogP contribution in [-0.2, 0) is 0 Å². The van der Waals surface area contributed by atoms with Crippen molar-refractivity contribution in [1.29, 1.82) is 0 Å². The number of halogens is 2. The monoisotopic (exact) mass is 321 g/mol. The third-order valence-corrected chi connectivity index (χ3v) is 4.08. The molecule has 0 spiro atoms. The van der Waals surface area contributed by atoms with Crippen LogP contribution in [0.25, 0.3) is 0 Å². The van der Waals surface area contributed by atoms with Crippen molar-refractivity contribution in [2.75, 3.05) is 0 Å². The van der Waals surface area contributed by atoms with Crippen LogP contribution in [-0.4, -0.2) is 6.34 Å². The SMILES string of the molecule is BrC1=CNC=[NH+]C1c1ccc(Br)s1. The maximum atomic E-state index is 3.51. The van der Waals surface area contributed by atoms with E-state index < -0.39 is 0 Å². The smallest absolute Gasteiger partial charge is 0.235 e. The third kappa shape index (κ3) is 2.03. The number of rotatable bonds is 1. The molecule has 68 valence electrons. The topological polar surface area (TPSA) is 26.0 Å². The van der Waals surface area contributed by atoms with E-state index in [1.807, 2.05) is 12.5 Å². The van der Waals surface area contributed by atoms with Gasteiger partial charge in [-0.05, 0) is 44.0 Å². The van der Waals surface area contributed by atoms with Gasteiger partial charge in [0, 0.05) is 0 Å². The van der Waals surface area contributed by atoms with Gasteiger partial charge in [-0.2, -0.15) is 0 Å². The van der Waals surface area contributed by atoms with Gasteiger partial charge in [-0.3, -0.25) is 10.3 Å². The van der Waals surface area contributed by atoms with Gasteiger partial charge < -0.3 is 0 Å². The van der Waals surface area contributed by atoms with Gasteiger partial charge in [0.05, 0.1) is 13.1 Å². The summed E-state index contributed by atoms with van der Waals surface area (Å²) in [6.45, 7) is 0. The molecule has 0 aromatic carbocycles. The van der Waals surface area contributed by atoms with Crippen molar-refractivity contribution < 1.29 is 4.99 Å². The van der Waals surface area contributed by atoms with E-state index in [0.29, 0.717) is 0 Å². The van der Waals surface area contributed by atoms with Crippen LogP contribution in [0.5, 0.6) is 0 Å². The zero-order chi connectivity index (χ0) is 9.26. The zero-order valence-electron chi connectivity index (χ0n) is 6.55. The summed E-state index contributed by atoms with van der Waals surface area (Å²) in [6.07, 6.45) is 3.78. The van der Waals surface area contributed by atoms with E-state index in [4.69, 9.17) is 0 Å². The van der Waals surface area contributed by atoms with E-state index in [9.17, 15) is 0 Å². The van der Waals surface area contributed by atoms with E-state index in [1.54, 1.807) is 11.3 Å². The van der Waals surface area contributed by atoms with Crippen LogP contribution in [0.4, 0.5) is 0 Å². The fraction of sp³-hybridized carbons (Fsp3) is 0.125. The van der Waals surface area contributed by atoms with Crippen molar-refractivity contribution in [3.8, 4) is 0 Å². The highest BCUT2D eigenvalue weighted by atomic mass is 79.9. The lowest BCUT2D eigenvalue weighted by atomic mass is 10.2. The lowest BCUT2D eigenvalue weighted by Crippen LogP contribution is -2.74. The Morgan fingerprint density at radius 1 is 1.38 bits per heavy atom. The summed E-state index contributed by atoms with van der Waals surface area (Å²) in [4.78, 5) is 4.52. The Labute approximate surface area is 97.0 Å². The Morgan fingerprint density at radius 2 is 2.23 bits per heavy atom. The van der Waals surface area contributed by atoms with Crippen LogP contribution in [0.1, 0.15) is 10.9 Å². The molecule has 0 saturated carbocycles. The first-order chi connectivity index (χ1) is 6.27. The molecule has 2 rings (SSSR count). The third-order valence-electron chi connectivity index (χ3n) is 1.71. The molecule has 1 aromatic rings. The van der Waals surface area contributed by atoms with Crippen LogP contribution >= 0.6 is 43.2 Å². The van der Waals surface area contributed by atoms with Crippen molar-refractivity contribution >= 4 is 49.5 Å². The standard InChI is InChI=1S/C8H6Br2N2S/c9-5-3-11-4-12-8(5)6-1-2-7(10)13-6/h1-4,8H,(H,11,12)/p+1. The number of nitrogens with one attached hydrogen (secondary N) is 2. The quantitative estimate of drug-likeness (QED) is 0.805. The Balaban J connectivity index is 2.30. The maximum Gasteiger partial charge on any atom is 0.235 e. The molecule has 0 fully saturated rings. The molecule has 0 saturated heterocycles. The number of hydrogen-bond acceptors (Lipinski definition) is 2. The molecule has 1 atom stereocenters. The maximum absolute atomic E-state index is 3.51. The average molecular weight is 323 g/mol. The Kier molecular flexibility index (Phi) is 2.86. The molecule has 1 aromatic heterocycles. The van der Waals surface area contributed by atoms with E-state index in [-0.39, 0.29) is 6.04 Å².